The second kappa shape index (κ2) is 7.89. The summed E-state index contributed by atoms with van der Waals surface area (Å²) >= 11 is 0. The van der Waals surface area contributed by atoms with Crippen LogP contribution in [0.25, 0.3) is 0 Å². The van der Waals surface area contributed by atoms with Crippen molar-refractivity contribution in [3.05, 3.63) is 29.8 Å². The van der Waals surface area contributed by atoms with Crippen molar-refractivity contribution in [2.45, 2.75) is 37.3 Å². The van der Waals surface area contributed by atoms with E-state index in [4.69, 9.17) is 15.2 Å². The number of methoxy groups -OCH3 is 1. The highest BCUT2D eigenvalue weighted by molar-refractivity contribution is 7.91. The minimum absolute atomic E-state index is 0.0333. The molecule has 1 aromatic rings. The Morgan fingerprint density at radius 1 is 1.24 bits per heavy atom. The van der Waals surface area contributed by atoms with Crippen LogP contribution in [0.15, 0.2) is 29.2 Å². The highest BCUT2D eigenvalue weighted by Crippen LogP contribution is 2.14. The first-order valence-electron chi connectivity index (χ1n) is 6.95. The van der Waals surface area contributed by atoms with Crippen molar-refractivity contribution in [1.29, 1.82) is 0 Å². The molecular weight excluding hydrogens is 290 g/mol. The van der Waals surface area contributed by atoms with Crippen molar-refractivity contribution in [3.63, 3.8) is 0 Å². The first-order valence-corrected chi connectivity index (χ1v) is 8.60. The fourth-order valence-corrected chi connectivity index (χ4v) is 2.86. The Hall–Kier alpha value is -0.950. The van der Waals surface area contributed by atoms with Crippen LogP contribution < -0.4 is 5.73 Å². The van der Waals surface area contributed by atoms with Gasteiger partial charge in [0.05, 0.1) is 22.9 Å². The number of ether oxygens (including phenoxy) is 2. The minimum atomic E-state index is -3.33. The second-order valence-corrected chi connectivity index (χ2v) is 7.61. The van der Waals surface area contributed by atoms with Crippen LogP contribution in [0.1, 0.15) is 25.8 Å². The van der Waals surface area contributed by atoms with E-state index in [1.165, 1.54) is 0 Å². The van der Waals surface area contributed by atoms with Crippen LogP contribution in [-0.2, 0) is 25.9 Å². The SMILES string of the molecule is COC(C)(C)CCOCCS(=O)(=O)c1cccc(CN)c1. The van der Waals surface area contributed by atoms with Crippen molar-refractivity contribution in [3.8, 4) is 0 Å². The van der Waals surface area contributed by atoms with Crippen molar-refractivity contribution in [2.24, 2.45) is 5.73 Å². The van der Waals surface area contributed by atoms with Gasteiger partial charge in [-0.1, -0.05) is 12.1 Å². The van der Waals surface area contributed by atoms with Gasteiger partial charge < -0.3 is 15.2 Å². The molecule has 2 N–H and O–H groups in total. The van der Waals surface area contributed by atoms with Crippen LogP contribution >= 0.6 is 0 Å². The predicted molar refractivity (Wildman–Crippen MR) is 82.9 cm³/mol. The molecule has 0 fully saturated rings. The Bertz CT molecular complexity index is 540. The van der Waals surface area contributed by atoms with Gasteiger partial charge in [-0.3, -0.25) is 0 Å². The molecule has 0 amide bonds. The van der Waals surface area contributed by atoms with E-state index >= 15 is 0 Å². The maximum absolute atomic E-state index is 12.2. The summed E-state index contributed by atoms with van der Waals surface area (Å²) < 4.78 is 35.0. The van der Waals surface area contributed by atoms with E-state index in [0.29, 0.717) is 24.5 Å². The van der Waals surface area contributed by atoms with E-state index in [-0.39, 0.29) is 18.0 Å². The topological polar surface area (TPSA) is 78.6 Å². The Balaban J connectivity index is 2.46. The molecule has 120 valence electrons. The molecule has 0 aromatic heterocycles. The van der Waals surface area contributed by atoms with Crippen molar-refractivity contribution < 1.29 is 17.9 Å². The summed E-state index contributed by atoms with van der Waals surface area (Å²) in [5, 5.41) is 0. The lowest BCUT2D eigenvalue weighted by Crippen LogP contribution is -2.25. The average molecular weight is 315 g/mol. The Labute approximate surface area is 127 Å². The third-order valence-electron chi connectivity index (χ3n) is 3.39. The maximum Gasteiger partial charge on any atom is 0.180 e. The van der Waals surface area contributed by atoms with Gasteiger partial charge in [0.1, 0.15) is 0 Å². The average Bonchev–Trinajstić information content (AvgIpc) is 2.46. The van der Waals surface area contributed by atoms with Gasteiger partial charge in [-0.05, 0) is 38.0 Å². The summed E-state index contributed by atoms with van der Waals surface area (Å²) in [6.45, 7) is 4.90. The number of hydrogen-bond donors (Lipinski definition) is 1. The summed E-state index contributed by atoms with van der Waals surface area (Å²) in [6.07, 6.45) is 0.714. The molecule has 21 heavy (non-hydrogen) atoms. The van der Waals surface area contributed by atoms with E-state index < -0.39 is 9.84 Å². The van der Waals surface area contributed by atoms with Crippen LogP contribution in [0, 0.1) is 0 Å². The molecule has 0 saturated carbocycles. The quantitative estimate of drug-likeness (QED) is 0.702. The molecule has 0 atom stereocenters. The summed E-state index contributed by atoms with van der Waals surface area (Å²) in [6, 6.07) is 6.71. The van der Waals surface area contributed by atoms with E-state index in [0.717, 1.165) is 5.56 Å². The van der Waals surface area contributed by atoms with Gasteiger partial charge in [0.25, 0.3) is 0 Å². The number of sulfone groups is 1. The Kier molecular flexibility index (Phi) is 6.80. The largest absolute Gasteiger partial charge is 0.380 e. The smallest absolute Gasteiger partial charge is 0.180 e. The Morgan fingerprint density at radius 3 is 2.57 bits per heavy atom. The van der Waals surface area contributed by atoms with E-state index in [9.17, 15) is 8.42 Å². The summed E-state index contributed by atoms with van der Waals surface area (Å²) in [5.41, 5.74) is 6.07. The van der Waals surface area contributed by atoms with Crippen LogP contribution in [0.3, 0.4) is 0 Å². The highest BCUT2D eigenvalue weighted by Gasteiger charge is 2.17. The van der Waals surface area contributed by atoms with Gasteiger partial charge >= 0.3 is 0 Å². The van der Waals surface area contributed by atoms with Gasteiger partial charge in [-0.2, -0.15) is 0 Å². The van der Waals surface area contributed by atoms with Gasteiger partial charge in [-0.15, -0.1) is 0 Å². The summed E-state index contributed by atoms with van der Waals surface area (Å²) in [7, 11) is -1.68. The van der Waals surface area contributed by atoms with E-state index in [2.05, 4.69) is 0 Å². The molecule has 1 rings (SSSR count). The molecule has 0 spiro atoms. The second-order valence-electron chi connectivity index (χ2n) is 5.50. The minimum Gasteiger partial charge on any atom is -0.380 e. The predicted octanol–water partition coefficient (Wildman–Crippen LogP) is 1.75. The molecular formula is C15H25NO4S. The fourth-order valence-electron chi connectivity index (χ4n) is 1.67. The zero-order valence-electron chi connectivity index (χ0n) is 13.0. The maximum atomic E-state index is 12.2. The summed E-state index contributed by atoms with van der Waals surface area (Å²) in [5.74, 6) is -0.0333. The van der Waals surface area contributed by atoms with Gasteiger partial charge in [0.2, 0.25) is 0 Å². The first-order chi connectivity index (χ1) is 9.80. The highest BCUT2D eigenvalue weighted by atomic mass is 32.2. The number of rotatable bonds is 9. The van der Waals surface area contributed by atoms with Gasteiger partial charge in [0.15, 0.2) is 9.84 Å². The van der Waals surface area contributed by atoms with Crippen molar-refractivity contribution >= 4 is 9.84 Å². The third kappa shape index (κ3) is 6.13. The van der Waals surface area contributed by atoms with E-state index in [1.54, 1.807) is 25.3 Å². The zero-order valence-corrected chi connectivity index (χ0v) is 13.8. The molecule has 0 saturated heterocycles. The molecule has 0 aliphatic carbocycles. The molecule has 0 unspecified atom stereocenters. The molecule has 0 aliphatic heterocycles. The van der Waals surface area contributed by atoms with Crippen molar-refractivity contribution in [2.75, 3.05) is 26.1 Å². The lowest BCUT2D eigenvalue weighted by molar-refractivity contribution is -0.00798. The normalized spacial score (nSPS) is 12.6. The molecule has 5 nitrogen and oxygen atoms in total. The summed E-state index contributed by atoms with van der Waals surface area (Å²) in [4.78, 5) is 0.297. The van der Waals surface area contributed by atoms with E-state index in [1.807, 2.05) is 19.9 Å². The molecule has 0 bridgehead atoms. The molecule has 0 heterocycles. The van der Waals surface area contributed by atoms with Crippen LogP contribution in [0.5, 0.6) is 0 Å². The van der Waals surface area contributed by atoms with Gasteiger partial charge in [0, 0.05) is 20.3 Å². The Morgan fingerprint density at radius 2 is 1.95 bits per heavy atom. The third-order valence-corrected chi connectivity index (χ3v) is 5.07. The number of benzene rings is 1. The van der Waals surface area contributed by atoms with Crippen LogP contribution in [0.2, 0.25) is 0 Å². The lowest BCUT2D eigenvalue weighted by Gasteiger charge is -2.22. The lowest BCUT2D eigenvalue weighted by atomic mass is 10.1. The fraction of sp³-hybridized carbons (Fsp3) is 0.600. The standard InChI is InChI=1S/C15H25NO4S/c1-15(2,19-3)7-8-20-9-10-21(17,18)14-6-4-5-13(11-14)12-16/h4-6,11H,7-10,12,16H2,1-3H3. The van der Waals surface area contributed by atoms with Crippen LogP contribution in [0.4, 0.5) is 0 Å². The van der Waals surface area contributed by atoms with Gasteiger partial charge in [-0.25, -0.2) is 8.42 Å². The number of hydrogen-bond acceptors (Lipinski definition) is 5. The van der Waals surface area contributed by atoms with Crippen molar-refractivity contribution in [1.82, 2.24) is 0 Å². The van der Waals surface area contributed by atoms with Crippen LogP contribution in [-0.4, -0.2) is 40.1 Å². The zero-order chi connectivity index (χ0) is 15.9. The first kappa shape index (κ1) is 18.1. The molecule has 0 radical (unpaired) electrons. The molecule has 0 aliphatic rings. The molecule has 1 aromatic carbocycles. The number of nitrogens with two attached hydrogens (primary N) is 1. The molecule has 6 heteroatoms. The monoisotopic (exact) mass is 315 g/mol.